The third kappa shape index (κ3) is 5.28. The molecular formula is C12H18Cl2N2O2S. The molecule has 1 amide bonds. The minimum absolute atomic E-state index is 0. The van der Waals surface area contributed by atoms with Crippen LogP contribution in [0.15, 0.2) is 12.1 Å². The third-order valence-corrected chi connectivity index (χ3v) is 4.08. The molecule has 1 aromatic heterocycles. The van der Waals surface area contributed by atoms with Crippen LogP contribution in [0.4, 0.5) is 0 Å². The summed E-state index contributed by atoms with van der Waals surface area (Å²) >= 11 is 7.38. The van der Waals surface area contributed by atoms with Crippen molar-refractivity contribution in [1.29, 1.82) is 0 Å². The van der Waals surface area contributed by atoms with E-state index in [1.807, 2.05) is 19.2 Å². The molecule has 0 radical (unpaired) electrons. The Bertz CT molecular complexity index is 408. The van der Waals surface area contributed by atoms with Gasteiger partial charge in [0.2, 0.25) is 5.91 Å². The Morgan fingerprint density at radius 2 is 2.42 bits per heavy atom. The van der Waals surface area contributed by atoms with E-state index in [0.29, 0.717) is 19.6 Å². The first-order chi connectivity index (χ1) is 8.65. The average Bonchev–Trinajstić information content (AvgIpc) is 2.76. The molecule has 2 rings (SSSR count). The molecule has 108 valence electrons. The Balaban J connectivity index is 0.00000180. The van der Waals surface area contributed by atoms with E-state index in [-0.39, 0.29) is 24.4 Å². The number of nitrogens with zero attached hydrogens (tertiary/aromatic N) is 1. The summed E-state index contributed by atoms with van der Waals surface area (Å²) in [5, 5.41) is 3.28. The molecule has 1 aromatic rings. The van der Waals surface area contributed by atoms with Crippen LogP contribution in [0.2, 0.25) is 4.34 Å². The fourth-order valence-electron chi connectivity index (χ4n) is 1.88. The van der Waals surface area contributed by atoms with Crippen LogP contribution in [-0.4, -0.2) is 43.7 Å². The number of nitrogens with one attached hydrogen (secondary N) is 1. The second-order valence-electron chi connectivity index (χ2n) is 4.39. The maximum absolute atomic E-state index is 12.0. The fourth-order valence-corrected chi connectivity index (χ4v) is 3.02. The summed E-state index contributed by atoms with van der Waals surface area (Å²) in [6, 6.07) is 3.95. The molecule has 1 aliphatic rings. The van der Waals surface area contributed by atoms with E-state index in [0.717, 1.165) is 22.4 Å². The highest BCUT2D eigenvalue weighted by Gasteiger charge is 2.19. The van der Waals surface area contributed by atoms with Crippen molar-refractivity contribution in [2.75, 3.05) is 26.8 Å². The molecule has 1 atom stereocenters. The van der Waals surface area contributed by atoms with Crippen molar-refractivity contribution in [3.8, 4) is 0 Å². The third-order valence-electron chi connectivity index (χ3n) is 2.87. The van der Waals surface area contributed by atoms with Crippen LogP contribution in [0.1, 0.15) is 11.3 Å². The molecule has 0 spiro atoms. The van der Waals surface area contributed by atoms with Crippen LogP contribution < -0.4 is 5.32 Å². The van der Waals surface area contributed by atoms with Crippen molar-refractivity contribution in [3.63, 3.8) is 0 Å². The van der Waals surface area contributed by atoms with E-state index in [1.54, 1.807) is 4.90 Å². The van der Waals surface area contributed by atoms with E-state index in [4.69, 9.17) is 16.3 Å². The second-order valence-corrected chi connectivity index (χ2v) is 6.19. The number of hydrogen-bond acceptors (Lipinski definition) is 4. The van der Waals surface area contributed by atoms with Gasteiger partial charge in [-0.15, -0.1) is 23.7 Å². The van der Waals surface area contributed by atoms with Gasteiger partial charge in [-0.05, 0) is 12.1 Å². The number of halogens is 2. The zero-order valence-corrected chi connectivity index (χ0v) is 13.1. The van der Waals surface area contributed by atoms with Gasteiger partial charge >= 0.3 is 0 Å². The molecule has 7 heteroatoms. The van der Waals surface area contributed by atoms with E-state index in [1.165, 1.54) is 11.3 Å². The lowest BCUT2D eigenvalue weighted by Gasteiger charge is -2.25. The van der Waals surface area contributed by atoms with Crippen LogP contribution in [0.25, 0.3) is 0 Å². The molecule has 19 heavy (non-hydrogen) atoms. The predicted molar refractivity (Wildman–Crippen MR) is 80.3 cm³/mol. The van der Waals surface area contributed by atoms with E-state index >= 15 is 0 Å². The SMILES string of the molecule is CN(Cc1ccc(Cl)s1)C(=O)CC1COCCN1.Cl. The van der Waals surface area contributed by atoms with Gasteiger partial charge in [0.1, 0.15) is 0 Å². The first-order valence-electron chi connectivity index (χ1n) is 5.94. The van der Waals surface area contributed by atoms with E-state index < -0.39 is 0 Å². The molecule has 0 saturated carbocycles. The lowest BCUT2D eigenvalue weighted by Crippen LogP contribution is -2.44. The number of carbonyl (C=O) groups excluding carboxylic acids is 1. The molecule has 0 bridgehead atoms. The second kappa shape index (κ2) is 8.07. The number of thiophene rings is 1. The average molecular weight is 325 g/mol. The smallest absolute Gasteiger partial charge is 0.224 e. The molecule has 4 nitrogen and oxygen atoms in total. The van der Waals surface area contributed by atoms with Crippen LogP contribution in [0, 0.1) is 0 Å². The van der Waals surface area contributed by atoms with Crippen molar-refractivity contribution in [3.05, 3.63) is 21.3 Å². The fraction of sp³-hybridized carbons (Fsp3) is 0.583. The van der Waals surface area contributed by atoms with E-state index in [2.05, 4.69) is 5.32 Å². The predicted octanol–water partition coefficient (Wildman–Crippen LogP) is 2.16. The highest BCUT2D eigenvalue weighted by Crippen LogP contribution is 2.22. The normalized spacial score (nSPS) is 18.7. The number of morpholine rings is 1. The maximum Gasteiger partial charge on any atom is 0.224 e. The lowest BCUT2D eigenvalue weighted by atomic mass is 10.2. The van der Waals surface area contributed by atoms with Crippen LogP contribution >= 0.6 is 35.3 Å². The summed E-state index contributed by atoms with van der Waals surface area (Å²) in [6.45, 7) is 2.78. The summed E-state index contributed by atoms with van der Waals surface area (Å²) in [7, 11) is 1.82. The van der Waals surface area contributed by atoms with Crippen molar-refractivity contribution >= 4 is 41.3 Å². The minimum Gasteiger partial charge on any atom is -0.378 e. The molecule has 0 aromatic carbocycles. The molecule has 1 unspecified atom stereocenters. The number of hydrogen-bond donors (Lipinski definition) is 1. The molecule has 1 fully saturated rings. The molecular weight excluding hydrogens is 307 g/mol. The molecule has 1 aliphatic heterocycles. The van der Waals surface area contributed by atoms with E-state index in [9.17, 15) is 4.79 Å². The van der Waals surface area contributed by atoms with Gasteiger partial charge in [-0.1, -0.05) is 11.6 Å². The minimum atomic E-state index is 0. The van der Waals surface area contributed by atoms with Crippen LogP contribution in [0.3, 0.4) is 0 Å². The van der Waals surface area contributed by atoms with Crippen LogP contribution in [-0.2, 0) is 16.1 Å². The Labute approximate surface area is 128 Å². The van der Waals surface area contributed by atoms with Gasteiger partial charge in [0.25, 0.3) is 0 Å². The topological polar surface area (TPSA) is 41.6 Å². The summed E-state index contributed by atoms with van der Waals surface area (Å²) in [4.78, 5) is 14.9. The standard InChI is InChI=1S/C12H17ClN2O2S.ClH/c1-15(7-10-2-3-11(13)18-10)12(16)6-9-8-17-5-4-14-9;/h2-3,9,14H,4-8H2,1H3;1H. The van der Waals surface area contributed by atoms with Gasteiger partial charge < -0.3 is 15.0 Å². The van der Waals surface area contributed by atoms with Gasteiger partial charge in [-0.3, -0.25) is 4.79 Å². The Morgan fingerprint density at radius 3 is 3.00 bits per heavy atom. The van der Waals surface area contributed by atoms with Crippen molar-refractivity contribution in [2.24, 2.45) is 0 Å². The van der Waals surface area contributed by atoms with Gasteiger partial charge in [0.05, 0.1) is 24.1 Å². The van der Waals surface area contributed by atoms with Gasteiger partial charge in [-0.2, -0.15) is 0 Å². The molecule has 2 heterocycles. The number of amides is 1. The number of carbonyl (C=O) groups is 1. The summed E-state index contributed by atoms with van der Waals surface area (Å²) in [5.41, 5.74) is 0. The highest BCUT2D eigenvalue weighted by atomic mass is 35.5. The van der Waals surface area contributed by atoms with Crippen molar-refractivity contribution < 1.29 is 9.53 Å². The largest absolute Gasteiger partial charge is 0.378 e. The molecule has 1 saturated heterocycles. The lowest BCUT2D eigenvalue weighted by molar-refractivity contribution is -0.131. The highest BCUT2D eigenvalue weighted by molar-refractivity contribution is 7.16. The van der Waals surface area contributed by atoms with Crippen LogP contribution in [0.5, 0.6) is 0 Å². The monoisotopic (exact) mass is 324 g/mol. The summed E-state index contributed by atoms with van der Waals surface area (Å²) < 4.78 is 6.09. The summed E-state index contributed by atoms with van der Waals surface area (Å²) in [6.07, 6.45) is 0.482. The zero-order chi connectivity index (χ0) is 13.0. The molecule has 1 N–H and O–H groups in total. The zero-order valence-electron chi connectivity index (χ0n) is 10.7. The first kappa shape index (κ1) is 16.7. The maximum atomic E-state index is 12.0. The first-order valence-corrected chi connectivity index (χ1v) is 7.14. The quantitative estimate of drug-likeness (QED) is 0.922. The van der Waals surface area contributed by atoms with Gasteiger partial charge in [0, 0.05) is 30.9 Å². The van der Waals surface area contributed by atoms with Crippen molar-refractivity contribution in [1.82, 2.24) is 10.2 Å². The number of rotatable bonds is 4. The van der Waals surface area contributed by atoms with Gasteiger partial charge in [-0.25, -0.2) is 0 Å². The van der Waals surface area contributed by atoms with Gasteiger partial charge in [0.15, 0.2) is 0 Å². The van der Waals surface area contributed by atoms with Crippen molar-refractivity contribution in [2.45, 2.75) is 19.0 Å². The molecule has 0 aliphatic carbocycles. The Kier molecular flexibility index (Phi) is 7.10. The Morgan fingerprint density at radius 1 is 1.63 bits per heavy atom. The summed E-state index contributed by atoms with van der Waals surface area (Å²) in [5.74, 6) is 0.127. The Hall–Kier alpha value is -0.330. The number of ether oxygens (including phenoxy) is 1.